The standard InChI is InChI=1S/C20H37N5O/c1-3-8-17-15-18(17)22-20(21-2)25-13-11-23(12-14-25)16-19(26)24-9-6-4-5-7-10-24/h17-18H,3-16H2,1-2H3,(H,21,22). The maximum Gasteiger partial charge on any atom is 0.236 e. The minimum absolute atomic E-state index is 0.322. The van der Waals surface area contributed by atoms with Crippen LogP contribution in [0.15, 0.2) is 4.99 Å². The monoisotopic (exact) mass is 363 g/mol. The van der Waals surface area contributed by atoms with Crippen LogP contribution in [0, 0.1) is 5.92 Å². The van der Waals surface area contributed by atoms with Crippen LogP contribution in [0.5, 0.6) is 0 Å². The first-order valence-electron chi connectivity index (χ1n) is 10.7. The van der Waals surface area contributed by atoms with Crippen LogP contribution < -0.4 is 5.32 Å². The molecule has 2 heterocycles. The van der Waals surface area contributed by atoms with Gasteiger partial charge in [-0.15, -0.1) is 0 Å². The van der Waals surface area contributed by atoms with E-state index in [2.05, 4.69) is 31.9 Å². The molecule has 2 atom stereocenters. The largest absolute Gasteiger partial charge is 0.353 e. The van der Waals surface area contributed by atoms with Gasteiger partial charge in [-0.05, 0) is 31.6 Å². The summed E-state index contributed by atoms with van der Waals surface area (Å²) in [5.74, 6) is 2.21. The van der Waals surface area contributed by atoms with Crippen molar-refractivity contribution >= 4 is 11.9 Å². The summed E-state index contributed by atoms with van der Waals surface area (Å²) in [6.45, 7) is 8.56. The van der Waals surface area contributed by atoms with Crippen molar-refractivity contribution in [1.82, 2.24) is 20.0 Å². The van der Waals surface area contributed by atoms with Crippen LogP contribution in [0.4, 0.5) is 0 Å². The number of carbonyl (C=O) groups excluding carboxylic acids is 1. The smallest absolute Gasteiger partial charge is 0.236 e. The molecular weight excluding hydrogens is 326 g/mol. The summed E-state index contributed by atoms with van der Waals surface area (Å²) >= 11 is 0. The summed E-state index contributed by atoms with van der Waals surface area (Å²) in [5, 5.41) is 3.64. The van der Waals surface area contributed by atoms with Crippen LogP contribution in [-0.4, -0.2) is 85.5 Å². The molecule has 0 aromatic heterocycles. The molecule has 1 aliphatic carbocycles. The van der Waals surface area contributed by atoms with E-state index in [-0.39, 0.29) is 0 Å². The van der Waals surface area contributed by atoms with Gasteiger partial charge in [-0.3, -0.25) is 14.7 Å². The second kappa shape index (κ2) is 9.58. The van der Waals surface area contributed by atoms with Crippen molar-refractivity contribution in [3.05, 3.63) is 0 Å². The minimum atomic E-state index is 0.322. The fourth-order valence-electron chi connectivity index (χ4n) is 4.31. The minimum Gasteiger partial charge on any atom is -0.353 e. The molecule has 3 rings (SSSR count). The number of piperazine rings is 1. The number of carbonyl (C=O) groups is 1. The average Bonchev–Trinajstić information content (AvgIpc) is 3.43. The van der Waals surface area contributed by atoms with Crippen molar-refractivity contribution in [2.75, 3.05) is 52.9 Å². The van der Waals surface area contributed by atoms with Crippen LogP contribution in [0.2, 0.25) is 0 Å². The lowest BCUT2D eigenvalue weighted by atomic mass is 10.2. The normalized spacial score (nSPS) is 28.0. The summed E-state index contributed by atoms with van der Waals surface area (Å²) in [4.78, 5) is 23.8. The molecule has 0 bridgehead atoms. The molecule has 0 spiro atoms. The van der Waals surface area contributed by atoms with E-state index in [4.69, 9.17) is 0 Å². The number of rotatable bonds is 5. The molecule has 2 saturated heterocycles. The molecule has 0 radical (unpaired) electrons. The number of nitrogens with one attached hydrogen (secondary N) is 1. The van der Waals surface area contributed by atoms with Crippen LogP contribution in [0.25, 0.3) is 0 Å². The Morgan fingerprint density at radius 2 is 1.69 bits per heavy atom. The third kappa shape index (κ3) is 5.35. The Bertz CT molecular complexity index is 479. The van der Waals surface area contributed by atoms with E-state index < -0.39 is 0 Å². The fraction of sp³-hybridized carbons (Fsp3) is 0.900. The lowest BCUT2D eigenvalue weighted by molar-refractivity contribution is -0.132. The van der Waals surface area contributed by atoms with Crippen molar-refractivity contribution < 1.29 is 4.79 Å². The quantitative estimate of drug-likeness (QED) is 0.597. The van der Waals surface area contributed by atoms with Crippen LogP contribution in [0.1, 0.15) is 51.9 Å². The molecule has 1 amide bonds. The van der Waals surface area contributed by atoms with Gasteiger partial charge in [0.25, 0.3) is 0 Å². The summed E-state index contributed by atoms with van der Waals surface area (Å²) < 4.78 is 0. The number of likely N-dealkylation sites (tertiary alicyclic amines) is 1. The summed E-state index contributed by atoms with van der Waals surface area (Å²) in [6.07, 6.45) is 8.76. The highest BCUT2D eigenvalue weighted by atomic mass is 16.2. The molecule has 2 unspecified atom stereocenters. The van der Waals surface area contributed by atoms with Crippen LogP contribution >= 0.6 is 0 Å². The molecular formula is C20H37N5O. The van der Waals surface area contributed by atoms with E-state index >= 15 is 0 Å². The Morgan fingerprint density at radius 1 is 1.00 bits per heavy atom. The van der Waals surface area contributed by atoms with Crippen LogP contribution in [0.3, 0.4) is 0 Å². The zero-order valence-electron chi connectivity index (χ0n) is 16.8. The van der Waals surface area contributed by atoms with Crippen molar-refractivity contribution in [3.63, 3.8) is 0 Å². The van der Waals surface area contributed by atoms with Gasteiger partial charge in [0.05, 0.1) is 6.54 Å². The zero-order valence-corrected chi connectivity index (χ0v) is 16.8. The topological polar surface area (TPSA) is 51.2 Å². The van der Waals surface area contributed by atoms with Crippen molar-refractivity contribution in [2.24, 2.45) is 10.9 Å². The first-order chi connectivity index (χ1) is 12.7. The first-order valence-corrected chi connectivity index (χ1v) is 10.7. The van der Waals surface area contributed by atoms with Gasteiger partial charge in [-0.1, -0.05) is 26.2 Å². The molecule has 3 aliphatic rings. The van der Waals surface area contributed by atoms with Crippen molar-refractivity contribution in [2.45, 2.75) is 57.9 Å². The zero-order chi connectivity index (χ0) is 18.4. The third-order valence-corrected chi connectivity index (χ3v) is 6.10. The number of hydrogen-bond donors (Lipinski definition) is 1. The number of aliphatic imine (C=N–C) groups is 1. The Hall–Kier alpha value is -1.30. The number of amides is 1. The Morgan fingerprint density at radius 3 is 2.31 bits per heavy atom. The molecule has 26 heavy (non-hydrogen) atoms. The fourth-order valence-corrected chi connectivity index (χ4v) is 4.31. The van der Waals surface area contributed by atoms with Crippen molar-refractivity contribution in [3.8, 4) is 0 Å². The van der Waals surface area contributed by atoms with E-state index in [1.807, 2.05) is 7.05 Å². The predicted molar refractivity (Wildman–Crippen MR) is 106 cm³/mol. The predicted octanol–water partition coefficient (Wildman–Crippen LogP) is 1.77. The SMILES string of the molecule is CCCC1CC1NC(=NC)N1CCN(CC(=O)N2CCCCCC2)CC1. The molecule has 0 aromatic rings. The average molecular weight is 364 g/mol. The molecule has 2 aliphatic heterocycles. The second-order valence-electron chi connectivity index (χ2n) is 8.14. The summed E-state index contributed by atoms with van der Waals surface area (Å²) in [5.41, 5.74) is 0. The van der Waals surface area contributed by atoms with Gasteiger partial charge in [-0.2, -0.15) is 0 Å². The Labute approximate surface area is 159 Å². The molecule has 3 fully saturated rings. The maximum absolute atomic E-state index is 12.6. The molecule has 6 heteroatoms. The molecule has 6 nitrogen and oxygen atoms in total. The van der Waals surface area contributed by atoms with Gasteiger partial charge in [0, 0.05) is 52.4 Å². The number of hydrogen-bond acceptors (Lipinski definition) is 3. The van der Waals surface area contributed by atoms with Gasteiger partial charge in [-0.25, -0.2) is 0 Å². The van der Waals surface area contributed by atoms with Gasteiger partial charge in [0.15, 0.2) is 5.96 Å². The van der Waals surface area contributed by atoms with E-state index in [1.54, 1.807) is 0 Å². The third-order valence-electron chi connectivity index (χ3n) is 6.10. The summed E-state index contributed by atoms with van der Waals surface area (Å²) in [6, 6.07) is 0.622. The van der Waals surface area contributed by atoms with E-state index in [1.165, 1.54) is 44.9 Å². The van der Waals surface area contributed by atoms with Crippen LogP contribution in [-0.2, 0) is 4.79 Å². The van der Waals surface area contributed by atoms with E-state index in [9.17, 15) is 4.79 Å². The maximum atomic E-state index is 12.6. The molecule has 148 valence electrons. The molecule has 1 saturated carbocycles. The van der Waals surface area contributed by atoms with Crippen molar-refractivity contribution in [1.29, 1.82) is 0 Å². The Balaban J connectivity index is 1.39. The van der Waals surface area contributed by atoms with E-state index in [0.29, 0.717) is 18.5 Å². The number of nitrogens with zero attached hydrogens (tertiary/aromatic N) is 4. The second-order valence-corrected chi connectivity index (χ2v) is 8.14. The first kappa shape index (κ1) is 19.5. The van der Waals surface area contributed by atoms with Gasteiger partial charge in [0.2, 0.25) is 5.91 Å². The van der Waals surface area contributed by atoms with E-state index in [0.717, 1.165) is 51.1 Å². The van der Waals surface area contributed by atoms with Gasteiger partial charge >= 0.3 is 0 Å². The Kier molecular flexibility index (Phi) is 7.17. The lowest BCUT2D eigenvalue weighted by Crippen LogP contribution is -2.54. The van der Waals surface area contributed by atoms with Gasteiger partial charge in [0.1, 0.15) is 0 Å². The number of guanidine groups is 1. The highest BCUT2D eigenvalue weighted by Crippen LogP contribution is 2.34. The highest BCUT2D eigenvalue weighted by molar-refractivity contribution is 5.81. The highest BCUT2D eigenvalue weighted by Gasteiger charge is 2.37. The molecule has 0 aromatic carbocycles. The lowest BCUT2D eigenvalue weighted by Gasteiger charge is -2.37. The van der Waals surface area contributed by atoms with Gasteiger partial charge < -0.3 is 15.1 Å². The molecule has 1 N–H and O–H groups in total. The summed E-state index contributed by atoms with van der Waals surface area (Å²) in [7, 11) is 1.88.